The summed E-state index contributed by atoms with van der Waals surface area (Å²) < 4.78 is 5.69. The second-order valence-corrected chi connectivity index (χ2v) is 5.20. The molecule has 0 unspecified atom stereocenters. The number of rotatable bonds is 6. The van der Waals surface area contributed by atoms with Gasteiger partial charge in [0.15, 0.2) is 0 Å². The fourth-order valence-electron chi connectivity index (χ4n) is 2.05. The predicted molar refractivity (Wildman–Crippen MR) is 84.5 cm³/mol. The number of anilines is 1. The van der Waals surface area contributed by atoms with Gasteiger partial charge in [-0.3, -0.25) is 4.98 Å². The van der Waals surface area contributed by atoms with Crippen molar-refractivity contribution in [1.82, 2.24) is 15.0 Å². The highest BCUT2D eigenvalue weighted by molar-refractivity contribution is 5.68. The molecule has 21 heavy (non-hydrogen) atoms. The number of aromatic nitrogens is 3. The molecule has 2 aromatic heterocycles. The normalized spacial score (nSPS) is 10.7. The molecule has 0 atom stereocenters. The van der Waals surface area contributed by atoms with Crippen LogP contribution < -0.4 is 10.1 Å². The first-order valence-corrected chi connectivity index (χ1v) is 7.29. The Kier molecular flexibility index (Phi) is 5.09. The molecule has 0 radical (unpaired) electrons. The third-order valence-electron chi connectivity index (χ3n) is 2.98. The Bertz CT molecular complexity index is 599. The minimum absolute atomic E-state index is 0.121. The lowest BCUT2D eigenvalue weighted by molar-refractivity contribution is 0.241. The van der Waals surface area contributed by atoms with Crippen LogP contribution in [0.5, 0.6) is 5.75 Å². The van der Waals surface area contributed by atoms with Crippen molar-refractivity contribution in [1.29, 1.82) is 0 Å². The lowest BCUT2D eigenvalue weighted by atomic mass is 10.1. The van der Waals surface area contributed by atoms with Crippen LogP contribution in [0.1, 0.15) is 32.8 Å². The summed E-state index contributed by atoms with van der Waals surface area (Å²) in [6.07, 6.45) is 6.27. The van der Waals surface area contributed by atoms with Crippen LogP contribution in [0.3, 0.4) is 0 Å². The Labute approximate surface area is 125 Å². The van der Waals surface area contributed by atoms with Crippen LogP contribution >= 0.6 is 0 Å². The van der Waals surface area contributed by atoms with E-state index in [1.807, 2.05) is 26.8 Å². The maximum absolute atomic E-state index is 5.69. The second kappa shape index (κ2) is 7.02. The molecule has 0 aliphatic carbocycles. The van der Waals surface area contributed by atoms with Gasteiger partial charge < -0.3 is 10.1 Å². The van der Waals surface area contributed by atoms with Crippen molar-refractivity contribution >= 4 is 5.82 Å². The van der Waals surface area contributed by atoms with Gasteiger partial charge in [-0.2, -0.15) is 0 Å². The standard InChI is InChI=1S/C16H22N4O/c1-5-6-18-16-12(4)15(19-10-20-16)13-7-14(9-17-8-13)21-11(2)3/h7-11H,5-6H2,1-4H3,(H,18,19,20). The average molecular weight is 286 g/mol. The summed E-state index contributed by atoms with van der Waals surface area (Å²) in [6.45, 7) is 9.03. The topological polar surface area (TPSA) is 59.9 Å². The molecule has 2 heterocycles. The first-order valence-electron chi connectivity index (χ1n) is 7.29. The molecular formula is C16H22N4O. The summed E-state index contributed by atoms with van der Waals surface area (Å²) in [7, 11) is 0. The summed E-state index contributed by atoms with van der Waals surface area (Å²) >= 11 is 0. The number of ether oxygens (including phenoxy) is 1. The van der Waals surface area contributed by atoms with Gasteiger partial charge in [0.1, 0.15) is 17.9 Å². The minimum atomic E-state index is 0.121. The van der Waals surface area contributed by atoms with Gasteiger partial charge in [-0.15, -0.1) is 0 Å². The number of pyridine rings is 1. The Balaban J connectivity index is 2.33. The molecule has 0 aliphatic heterocycles. The van der Waals surface area contributed by atoms with Gasteiger partial charge in [0.2, 0.25) is 0 Å². The quantitative estimate of drug-likeness (QED) is 0.881. The van der Waals surface area contributed by atoms with Crippen LogP contribution in [0, 0.1) is 6.92 Å². The third-order valence-corrected chi connectivity index (χ3v) is 2.98. The largest absolute Gasteiger partial charge is 0.489 e. The van der Waals surface area contributed by atoms with Crippen molar-refractivity contribution < 1.29 is 4.74 Å². The predicted octanol–water partition coefficient (Wildman–Crippen LogP) is 3.46. The zero-order valence-electron chi connectivity index (χ0n) is 13.1. The highest BCUT2D eigenvalue weighted by Gasteiger charge is 2.10. The van der Waals surface area contributed by atoms with E-state index in [0.717, 1.165) is 41.4 Å². The molecule has 5 heteroatoms. The lowest BCUT2D eigenvalue weighted by Gasteiger charge is -2.13. The fourth-order valence-corrected chi connectivity index (χ4v) is 2.05. The van der Waals surface area contributed by atoms with Crippen molar-refractivity contribution in [2.45, 2.75) is 40.2 Å². The summed E-state index contributed by atoms with van der Waals surface area (Å²) in [4.78, 5) is 12.9. The second-order valence-electron chi connectivity index (χ2n) is 5.20. The van der Waals surface area contributed by atoms with E-state index in [1.54, 1.807) is 18.7 Å². The molecule has 2 aromatic rings. The van der Waals surface area contributed by atoms with Crippen LogP contribution in [-0.2, 0) is 0 Å². The van der Waals surface area contributed by atoms with Crippen LogP contribution in [0.15, 0.2) is 24.8 Å². The van der Waals surface area contributed by atoms with Gasteiger partial charge in [-0.05, 0) is 33.3 Å². The molecule has 0 aromatic carbocycles. The number of hydrogen-bond donors (Lipinski definition) is 1. The molecule has 0 fully saturated rings. The van der Waals surface area contributed by atoms with Crippen LogP contribution in [-0.4, -0.2) is 27.6 Å². The lowest BCUT2D eigenvalue weighted by Crippen LogP contribution is -2.07. The van der Waals surface area contributed by atoms with E-state index >= 15 is 0 Å². The molecule has 0 saturated carbocycles. The minimum Gasteiger partial charge on any atom is -0.489 e. The molecule has 1 N–H and O–H groups in total. The van der Waals surface area contributed by atoms with E-state index in [0.29, 0.717) is 0 Å². The number of nitrogens with one attached hydrogen (secondary N) is 1. The number of nitrogens with zero attached hydrogens (tertiary/aromatic N) is 3. The van der Waals surface area contributed by atoms with Crippen LogP contribution in [0.4, 0.5) is 5.82 Å². The molecule has 5 nitrogen and oxygen atoms in total. The smallest absolute Gasteiger partial charge is 0.138 e. The monoisotopic (exact) mass is 286 g/mol. The third kappa shape index (κ3) is 3.90. The van der Waals surface area contributed by atoms with Gasteiger partial charge >= 0.3 is 0 Å². The maximum Gasteiger partial charge on any atom is 0.138 e. The van der Waals surface area contributed by atoms with Crippen molar-refractivity contribution in [3.8, 4) is 17.0 Å². The fraction of sp³-hybridized carbons (Fsp3) is 0.438. The average Bonchev–Trinajstić information content (AvgIpc) is 2.46. The summed E-state index contributed by atoms with van der Waals surface area (Å²) in [5.74, 6) is 1.63. The van der Waals surface area contributed by atoms with Crippen molar-refractivity contribution in [2.75, 3.05) is 11.9 Å². The van der Waals surface area contributed by atoms with Gasteiger partial charge in [-0.25, -0.2) is 9.97 Å². The van der Waals surface area contributed by atoms with E-state index in [4.69, 9.17) is 4.74 Å². The SMILES string of the molecule is CCCNc1ncnc(-c2cncc(OC(C)C)c2)c1C. The van der Waals surface area contributed by atoms with Crippen molar-refractivity contribution in [3.05, 3.63) is 30.4 Å². The molecule has 2 rings (SSSR count). The van der Waals surface area contributed by atoms with E-state index < -0.39 is 0 Å². The Morgan fingerprint density at radius 1 is 1.24 bits per heavy atom. The van der Waals surface area contributed by atoms with E-state index in [1.165, 1.54) is 0 Å². The molecule has 0 bridgehead atoms. The zero-order chi connectivity index (χ0) is 15.2. The van der Waals surface area contributed by atoms with Gasteiger partial charge in [0.25, 0.3) is 0 Å². The van der Waals surface area contributed by atoms with E-state index in [2.05, 4.69) is 27.2 Å². The van der Waals surface area contributed by atoms with Crippen LogP contribution in [0.25, 0.3) is 11.3 Å². The highest BCUT2D eigenvalue weighted by atomic mass is 16.5. The van der Waals surface area contributed by atoms with Crippen LogP contribution in [0.2, 0.25) is 0 Å². The summed E-state index contributed by atoms with van der Waals surface area (Å²) in [6, 6.07) is 1.96. The van der Waals surface area contributed by atoms with Crippen molar-refractivity contribution in [2.24, 2.45) is 0 Å². The van der Waals surface area contributed by atoms with Gasteiger partial charge in [0.05, 0.1) is 18.0 Å². The van der Waals surface area contributed by atoms with Gasteiger partial charge in [-0.1, -0.05) is 6.92 Å². The first kappa shape index (κ1) is 15.2. The van der Waals surface area contributed by atoms with Crippen molar-refractivity contribution in [3.63, 3.8) is 0 Å². The highest BCUT2D eigenvalue weighted by Crippen LogP contribution is 2.26. The maximum atomic E-state index is 5.69. The summed E-state index contributed by atoms with van der Waals surface area (Å²) in [5, 5.41) is 3.32. The Hall–Kier alpha value is -2.17. The first-order chi connectivity index (χ1) is 10.1. The molecule has 112 valence electrons. The molecule has 0 spiro atoms. The Morgan fingerprint density at radius 2 is 2.05 bits per heavy atom. The zero-order valence-corrected chi connectivity index (χ0v) is 13.1. The summed E-state index contributed by atoms with van der Waals surface area (Å²) in [5.41, 5.74) is 2.84. The number of hydrogen-bond acceptors (Lipinski definition) is 5. The molecule has 0 saturated heterocycles. The van der Waals surface area contributed by atoms with Gasteiger partial charge in [0, 0.05) is 23.9 Å². The van der Waals surface area contributed by atoms with E-state index in [9.17, 15) is 0 Å². The molecule has 0 aliphatic rings. The molecular weight excluding hydrogens is 264 g/mol. The molecule has 0 amide bonds. The Morgan fingerprint density at radius 3 is 2.76 bits per heavy atom. The van der Waals surface area contributed by atoms with E-state index in [-0.39, 0.29) is 6.10 Å².